The maximum absolute atomic E-state index is 13.6. The van der Waals surface area contributed by atoms with Gasteiger partial charge >= 0.3 is 5.97 Å². The smallest absolute Gasteiger partial charge is 0.331 e. The molecule has 1 heterocycles. The Balaban J connectivity index is 1.65. The van der Waals surface area contributed by atoms with Gasteiger partial charge in [-0.15, -0.1) is 11.3 Å². The Labute approximate surface area is 141 Å². The summed E-state index contributed by atoms with van der Waals surface area (Å²) >= 11 is 7.35. The van der Waals surface area contributed by atoms with Crippen molar-refractivity contribution in [3.05, 3.63) is 70.0 Å². The Morgan fingerprint density at radius 1 is 1.26 bits per heavy atom. The average molecular weight is 348 g/mol. The summed E-state index contributed by atoms with van der Waals surface area (Å²) in [5.74, 6) is -1.08. The van der Waals surface area contributed by atoms with Crippen LogP contribution in [0.3, 0.4) is 0 Å². The third-order valence-corrected chi connectivity index (χ3v) is 4.45. The molecule has 6 heteroatoms. The summed E-state index contributed by atoms with van der Waals surface area (Å²) < 4.78 is 19.6. The molecule has 0 N–H and O–H groups in total. The highest BCUT2D eigenvalue weighted by Gasteiger charge is 2.09. The van der Waals surface area contributed by atoms with Crippen LogP contribution in [0, 0.1) is 5.82 Å². The van der Waals surface area contributed by atoms with Crippen LogP contribution >= 0.6 is 22.9 Å². The van der Waals surface area contributed by atoms with E-state index in [-0.39, 0.29) is 17.2 Å². The third kappa shape index (κ3) is 3.75. The molecule has 0 saturated carbocycles. The molecule has 0 aliphatic heterocycles. The van der Waals surface area contributed by atoms with Gasteiger partial charge in [0.2, 0.25) is 0 Å². The number of hydrogen-bond acceptors (Lipinski definition) is 4. The van der Waals surface area contributed by atoms with Gasteiger partial charge in [-0.1, -0.05) is 29.8 Å². The summed E-state index contributed by atoms with van der Waals surface area (Å²) in [6, 6.07) is 12.0. The van der Waals surface area contributed by atoms with Gasteiger partial charge in [-0.05, 0) is 30.3 Å². The summed E-state index contributed by atoms with van der Waals surface area (Å²) in [7, 11) is 0. The van der Waals surface area contributed by atoms with E-state index >= 15 is 0 Å². The van der Waals surface area contributed by atoms with Crippen molar-refractivity contribution in [1.82, 2.24) is 4.98 Å². The van der Waals surface area contributed by atoms with Gasteiger partial charge in [0.1, 0.15) is 17.4 Å². The fraction of sp³-hybridized carbons (Fsp3) is 0.0588. The number of nitrogens with zero attached hydrogens (tertiary/aromatic N) is 1. The van der Waals surface area contributed by atoms with E-state index < -0.39 is 11.8 Å². The first-order valence-electron chi connectivity index (χ1n) is 6.77. The molecule has 0 amide bonds. The van der Waals surface area contributed by atoms with Gasteiger partial charge < -0.3 is 4.74 Å². The summed E-state index contributed by atoms with van der Waals surface area (Å²) in [5, 5.41) is 0.931. The molecule has 0 unspecified atom stereocenters. The van der Waals surface area contributed by atoms with Crippen LogP contribution in [-0.4, -0.2) is 11.0 Å². The van der Waals surface area contributed by atoms with Crippen LogP contribution in [0.4, 0.5) is 4.39 Å². The van der Waals surface area contributed by atoms with Crippen LogP contribution in [-0.2, 0) is 16.1 Å². The Morgan fingerprint density at radius 3 is 2.87 bits per heavy atom. The SMILES string of the molecule is O=C(/C=C/c1nc2ccccc2s1)OCc1c(F)cccc1Cl. The standard InChI is InChI=1S/C17H11ClFNO2S/c18-12-4-3-5-13(19)11(12)10-22-17(21)9-8-16-20-14-6-1-2-7-15(14)23-16/h1-9H,10H2/b9-8+. The molecule has 1 aromatic heterocycles. The number of carbonyl (C=O) groups excluding carboxylic acids is 1. The molecule has 0 bridgehead atoms. The van der Waals surface area contributed by atoms with Gasteiger partial charge in [-0.25, -0.2) is 14.2 Å². The van der Waals surface area contributed by atoms with E-state index in [2.05, 4.69) is 4.98 Å². The number of carbonyl (C=O) groups is 1. The molecule has 0 radical (unpaired) electrons. The lowest BCUT2D eigenvalue weighted by Gasteiger charge is -2.05. The Bertz CT molecular complexity index is 838. The molecule has 3 nitrogen and oxygen atoms in total. The Morgan fingerprint density at radius 2 is 2.09 bits per heavy atom. The van der Waals surface area contributed by atoms with E-state index in [1.807, 2.05) is 24.3 Å². The molecular weight excluding hydrogens is 337 g/mol. The maximum atomic E-state index is 13.6. The topological polar surface area (TPSA) is 39.2 Å². The average Bonchev–Trinajstić information content (AvgIpc) is 2.95. The molecule has 3 aromatic rings. The van der Waals surface area contributed by atoms with Crippen molar-refractivity contribution in [3.63, 3.8) is 0 Å². The number of thiazole rings is 1. The van der Waals surface area contributed by atoms with E-state index in [1.165, 1.54) is 29.5 Å². The zero-order valence-corrected chi connectivity index (χ0v) is 13.4. The number of fused-ring (bicyclic) bond motifs is 1. The summed E-state index contributed by atoms with van der Waals surface area (Å²) in [4.78, 5) is 16.1. The van der Waals surface area contributed by atoms with Crippen molar-refractivity contribution < 1.29 is 13.9 Å². The number of ether oxygens (including phenoxy) is 1. The number of benzene rings is 2. The number of hydrogen-bond donors (Lipinski definition) is 0. The molecule has 0 aliphatic carbocycles. The van der Waals surface area contributed by atoms with E-state index in [4.69, 9.17) is 16.3 Å². The van der Waals surface area contributed by atoms with Gasteiger partial charge in [-0.2, -0.15) is 0 Å². The normalized spacial score (nSPS) is 11.2. The lowest BCUT2D eigenvalue weighted by atomic mass is 10.2. The zero-order chi connectivity index (χ0) is 16.2. The van der Waals surface area contributed by atoms with Crippen LogP contribution in [0.5, 0.6) is 0 Å². The van der Waals surface area contributed by atoms with Crippen LogP contribution in [0.15, 0.2) is 48.5 Å². The molecule has 0 spiro atoms. The fourth-order valence-electron chi connectivity index (χ4n) is 1.96. The summed E-state index contributed by atoms with van der Waals surface area (Å²) in [5.41, 5.74) is 1.04. The number of halogens is 2. The van der Waals surface area contributed by atoms with Crippen LogP contribution in [0.1, 0.15) is 10.6 Å². The minimum atomic E-state index is -0.580. The second-order valence-corrected chi connectivity index (χ2v) is 6.13. The van der Waals surface area contributed by atoms with E-state index in [0.29, 0.717) is 5.01 Å². The van der Waals surface area contributed by atoms with E-state index in [1.54, 1.807) is 12.1 Å². The maximum Gasteiger partial charge on any atom is 0.331 e. The van der Waals surface area contributed by atoms with E-state index in [9.17, 15) is 9.18 Å². The molecule has 116 valence electrons. The first kappa shape index (κ1) is 15.6. The largest absolute Gasteiger partial charge is 0.457 e. The number of para-hydroxylation sites is 1. The summed E-state index contributed by atoms with van der Waals surface area (Å²) in [6.45, 7) is -0.214. The van der Waals surface area contributed by atoms with Gasteiger partial charge in [-0.3, -0.25) is 0 Å². The van der Waals surface area contributed by atoms with Gasteiger partial charge in [0.25, 0.3) is 0 Å². The van der Waals surface area contributed by atoms with Crippen molar-refractivity contribution in [2.45, 2.75) is 6.61 Å². The second-order valence-electron chi connectivity index (χ2n) is 4.66. The molecule has 3 rings (SSSR count). The number of esters is 1. The molecule has 0 saturated heterocycles. The molecule has 2 aromatic carbocycles. The zero-order valence-electron chi connectivity index (χ0n) is 11.8. The van der Waals surface area contributed by atoms with Gasteiger partial charge in [0.05, 0.1) is 15.2 Å². The Hall–Kier alpha value is -2.24. The monoisotopic (exact) mass is 347 g/mol. The minimum absolute atomic E-state index is 0.163. The second kappa shape index (κ2) is 6.89. The van der Waals surface area contributed by atoms with Crippen LogP contribution in [0.2, 0.25) is 5.02 Å². The molecule has 0 fully saturated rings. The predicted octanol–water partition coefficient (Wildman–Crippen LogP) is 4.85. The van der Waals surface area contributed by atoms with Crippen molar-refractivity contribution in [2.24, 2.45) is 0 Å². The summed E-state index contributed by atoms with van der Waals surface area (Å²) in [6.07, 6.45) is 2.85. The number of aromatic nitrogens is 1. The molecule has 0 aliphatic rings. The highest BCUT2D eigenvalue weighted by molar-refractivity contribution is 7.19. The molecule has 23 heavy (non-hydrogen) atoms. The number of rotatable bonds is 4. The first-order chi connectivity index (χ1) is 11.1. The van der Waals surface area contributed by atoms with Crippen molar-refractivity contribution in [1.29, 1.82) is 0 Å². The highest BCUT2D eigenvalue weighted by Crippen LogP contribution is 2.23. The van der Waals surface area contributed by atoms with Crippen molar-refractivity contribution in [3.8, 4) is 0 Å². The van der Waals surface area contributed by atoms with Crippen LogP contribution < -0.4 is 0 Å². The third-order valence-electron chi connectivity index (χ3n) is 3.09. The van der Waals surface area contributed by atoms with Crippen LogP contribution in [0.25, 0.3) is 16.3 Å². The minimum Gasteiger partial charge on any atom is -0.457 e. The van der Waals surface area contributed by atoms with Gasteiger partial charge in [0, 0.05) is 11.6 Å². The van der Waals surface area contributed by atoms with Gasteiger partial charge in [0.15, 0.2) is 0 Å². The Kier molecular flexibility index (Phi) is 4.69. The lowest BCUT2D eigenvalue weighted by Crippen LogP contribution is -2.03. The molecular formula is C17H11ClFNO2S. The molecule has 0 atom stereocenters. The lowest BCUT2D eigenvalue weighted by molar-refractivity contribution is -0.138. The predicted molar refractivity (Wildman–Crippen MR) is 89.9 cm³/mol. The first-order valence-corrected chi connectivity index (χ1v) is 7.96. The van der Waals surface area contributed by atoms with Crippen molar-refractivity contribution in [2.75, 3.05) is 0 Å². The van der Waals surface area contributed by atoms with Crippen molar-refractivity contribution >= 4 is 45.2 Å². The van der Waals surface area contributed by atoms with E-state index in [0.717, 1.165) is 10.2 Å². The quantitative estimate of drug-likeness (QED) is 0.500. The highest BCUT2D eigenvalue weighted by atomic mass is 35.5. The fourth-order valence-corrected chi connectivity index (χ4v) is 3.05.